The van der Waals surface area contributed by atoms with Gasteiger partial charge in [-0.25, -0.2) is 20.0 Å². The number of aliphatic imine (C=N–C) groups is 4. The number of hydrogen-bond donors (Lipinski definition) is 2. The lowest BCUT2D eigenvalue weighted by molar-refractivity contribution is 0.167. The minimum atomic E-state index is -0.965. The molecular formula is C10H13N5O. The summed E-state index contributed by atoms with van der Waals surface area (Å²) in [5.74, 6) is -0.324. The van der Waals surface area contributed by atoms with Crippen LogP contribution in [0.2, 0.25) is 0 Å². The molecule has 0 saturated heterocycles. The normalized spacial score (nSPS) is 40.9. The molecule has 0 radical (unpaired) electrons. The number of aliphatic hydroxyl groups excluding tert-OH is 1. The van der Waals surface area contributed by atoms with Gasteiger partial charge in [0.1, 0.15) is 12.1 Å². The van der Waals surface area contributed by atoms with Gasteiger partial charge < -0.3 is 5.11 Å². The smallest absolute Gasteiger partial charge is 0.207 e. The number of rotatable bonds is 1. The van der Waals surface area contributed by atoms with E-state index in [9.17, 15) is 5.11 Å². The Kier molecular flexibility index (Phi) is 2.02. The highest BCUT2D eigenvalue weighted by atomic mass is 16.3. The van der Waals surface area contributed by atoms with Crippen molar-refractivity contribution in [2.24, 2.45) is 31.6 Å². The molecule has 1 saturated carbocycles. The number of amidine groups is 1. The van der Waals surface area contributed by atoms with Gasteiger partial charge in [0.2, 0.25) is 5.79 Å². The highest BCUT2D eigenvalue weighted by molar-refractivity contribution is 6.65. The van der Waals surface area contributed by atoms with Gasteiger partial charge in [-0.3, -0.25) is 5.73 Å². The summed E-state index contributed by atoms with van der Waals surface area (Å²) in [7, 11) is 0. The average molecular weight is 219 g/mol. The van der Waals surface area contributed by atoms with Crippen LogP contribution in [0, 0.1) is 5.92 Å². The van der Waals surface area contributed by atoms with Crippen molar-refractivity contribution in [1.29, 1.82) is 0 Å². The Morgan fingerprint density at radius 3 is 3.06 bits per heavy atom. The molecule has 6 nitrogen and oxygen atoms in total. The third-order valence-electron chi connectivity index (χ3n) is 3.29. The van der Waals surface area contributed by atoms with Crippen LogP contribution in [0.3, 0.4) is 0 Å². The zero-order valence-corrected chi connectivity index (χ0v) is 8.74. The number of nitrogens with two attached hydrogens (primary N) is 1. The number of hydrogen-bond acceptors (Lipinski definition) is 6. The summed E-state index contributed by atoms with van der Waals surface area (Å²) in [6.07, 6.45) is 5.08. The van der Waals surface area contributed by atoms with Crippen molar-refractivity contribution in [2.45, 2.75) is 31.2 Å². The number of nitrogens with zero attached hydrogens (tertiary/aromatic N) is 4. The summed E-state index contributed by atoms with van der Waals surface area (Å²) in [6, 6.07) is 0. The third-order valence-corrected chi connectivity index (χ3v) is 3.29. The molecule has 16 heavy (non-hydrogen) atoms. The van der Waals surface area contributed by atoms with Crippen molar-refractivity contribution in [1.82, 2.24) is 0 Å². The first-order valence-electron chi connectivity index (χ1n) is 5.40. The fourth-order valence-corrected chi connectivity index (χ4v) is 2.35. The topological polar surface area (TPSA) is 95.7 Å². The average Bonchev–Trinajstić information content (AvgIpc) is 2.85. The highest BCUT2D eigenvalue weighted by Crippen LogP contribution is 2.35. The first-order valence-corrected chi connectivity index (χ1v) is 5.40. The molecular weight excluding hydrogens is 206 g/mol. The first kappa shape index (κ1) is 9.80. The van der Waals surface area contributed by atoms with Gasteiger partial charge in [0.25, 0.3) is 0 Å². The molecule has 3 rings (SSSR count). The minimum absolute atomic E-state index is 0.0867. The van der Waals surface area contributed by atoms with Gasteiger partial charge in [-0.1, -0.05) is 0 Å². The van der Waals surface area contributed by atoms with E-state index in [1.54, 1.807) is 6.21 Å². The van der Waals surface area contributed by atoms with Gasteiger partial charge in [-0.15, -0.1) is 0 Å². The molecule has 3 N–H and O–H groups in total. The van der Waals surface area contributed by atoms with Gasteiger partial charge in [0.05, 0.1) is 12.3 Å². The van der Waals surface area contributed by atoms with Gasteiger partial charge >= 0.3 is 0 Å². The maximum absolute atomic E-state index is 9.52. The van der Waals surface area contributed by atoms with Crippen molar-refractivity contribution in [3.63, 3.8) is 0 Å². The van der Waals surface area contributed by atoms with Crippen LogP contribution >= 0.6 is 0 Å². The second kappa shape index (κ2) is 3.29. The zero-order valence-electron chi connectivity index (χ0n) is 8.74. The Bertz CT molecular complexity index is 438. The Morgan fingerprint density at radius 2 is 2.31 bits per heavy atom. The summed E-state index contributed by atoms with van der Waals surface area (Å²) in [5.41, 5.74) is 6.82. The molecule has 0 bridgehead atoms. The quantitative estimate of drug-likeness (QED) is 0.634. The summed E-state index contributed by atoms with van der Waals surface area (Å²) < 4.78 is 0. The molecule has 6 heteroatoms. The van der Waals surface area contributed by atoms with Crippen LogP contribution in [0.25, 0.3) is 0 Å². The van der Waals surface area contributed by atoms with Gasteiger partial charge in [-0.2, -0.15) is 0 Å². The maximum Gasteiger partial charge on any atom is 0.207 e. The van der Waals surface area contributed by atoms with Crippen LogP contribution < -0.4 is 5.73 Å². The minimum Gasteiger partial charge on any atom is -0.393 e. The lowest BCUT2D eigenvalue weighted by atomic mass is 9.99. The fraction of sp³-hybridized carbons (Fsp3) is 0.600. The summed E-state index contributed by atoms with van der Waals surface area (Å²) >= 11 is 0. The standard InChI is InChI=1S/C10H13N5O/c11-10(6-1-2-7(16)3-6)14-4-8-9(15-10)13-5-12-8/h4-7,16H,1-3,11H2/t6-,7+,10?/m0/s1. The van der Waals surface area contributed by atoms with Crippen LogP contribution in [0.1, 0.15) is 19.3 Å². The van der Waals surface area contributed by atoms with Gasteiger partial charge in [0.15, 0.2) is 5.84 Å². The third kappa shape index (κ3) is 1.42. The molecule has 1 fully saturated rings. The Labute approximate surface area is 92.7 Å². The summed E-state index contributed by atoms with van der Waals surface area (Å²) in [5, 5.41) is 9.52. The second-order valence-corrected chi connectivity index (χ2v) is 4.40. The Morgan fingerprint density at radius 1 is 1.44 bits per heavy atom. The van der Waals surface area contributed by atoms with Gasteiger partial charge in [0, 0.05) is 5.92 Å². The molecule has 3 aliphatic rings. The van der Waals surface area contributed by atoms with Crippen LogP contribution in [-0.2, 0) is 0 Å². The van der Waals surface area contributed by atoms with Crippen molar-refractivity contribution >= 4 is 24.1 Å². The fourth-order valence-electron chi connectivity index (χ4n) is 2.35. The van der Waals surface area contributed by atoms with E-state index in [2.05, 4.69) is 20.0 Å². The number of fused-ring (bicyclic) bond motifs is 1. The molecule has 0 aromatic heterocycles. The molecule has 1 unspecified atom stereocenters. The van der Waals surface area contributed by atoms with Crippen LogP contribution in [0.4, 0.5) is 0 Å². The molecule has 2 aliphatic heterocycles. The predicted octanol–water partition coefficient (Wildman–Crippen LogP) is -0.274. The lowest BCUT2D eigenvalue weighted by Crippen LogP contribution is -2.46. The van der Waals surface area contributed by atoms with Crippen LogP contribution in [0.5, 0.6) is 0 Å². The van der Waals surface area contributed by atoms with Crippen LogP contribution in [-0.4, -0.2) is 41.1 Å². The lowest BCUT2D eigenvalue weighted by Gasteiger charge is -2.29. The SMILES string of the molecule is NC1([C@H]2CC[C@@H](O)C2)N=CC2=NC=NC2=N1. The van der Waals surface area contributed by atoms with E-state index in [4.69, 9.17) is 5.73 Å². The predicted molar refractivity (Wildman–Crippen MR) is 62.1 cm³/mol. The molecule has 2 heterocycles. The van der Waals surface area contributed by atoms with Crippen molar-refractivity contribution < 1.29 is 5.11 Å². The zero-order chi connectivity index (χ0) is 11.2. The summed E-state index contributed by atoms with van der Waals surface area (Å²) in [6.45, 7) is 0. The Balaban J connectivity index is 1.89. The van der Waals surface area contributed by atoms with E-state index in [-0.39, 0.29) is 12.0 Å². The largest absolute Gasteiger partial charge is 0.393 e. The molecule has 3 atom stereocenters. The highest BCUT2D eigenvalue weighted by Gasteiger charge is 2.41. The van der Waals surface area contributed by atoms with Crippen LogP contribution in [0.15, 0.2) is 20.0 Å². The van der Waals surface area contributed by atoms with Gasteiger partial charge in [-0.05, 0) is 19.3 Å². The van der Waals surface area contributed by atoms with E-state index < -0.39 is 5.79 Å². The molecule has 84 valence electrons. The molecule has 0 aromatic rings. The van der Waals surface area contributed by atoms with E-state index in [1.165, 1.54) is 6.34 Å². The second-order valence-electron chi connectivity index (χ2n) is 4.40. The molecule has 0 amide bonds. The summed E-state index contributed by atoms with van der Waals surface area (Å²) in [4.78, 5) is 16.6. The monoisotopic (exact) mass is 219 g/mol. The van der Waals surface area contributed by atoms with E-state index >= 15 is 0 Å². The van der Waals surface area contributed by atoms with E-state index in [0.717, 1.165) is 12.8 Å². The van der Waals surface area contributed by atoms with Crippen molar-refractivity contribution in [3.05, 3.63) is 0 Å². The first-order chi connectivity index (χ1) is 7.67. The Hall–Kier alpha value is -1.40. The van der Waals surface area contributed by atoms with Crippen molar-refractivity contribution in [3.8, 4) is 0 Å². The van der Waals surface area contributed by atoms with Crippen molar-refractivity contribution in [2.75, 3.05) is 0 Å². The molecule has 0 aromatic carbocycles. The van der Waals surface area contributed by atoms with E-state index in [1.807, 2.05) is 0 Å². The number of aliphatic hydroxyl groups is 1. The molecule has 0 spiro atoms. The maximum atomic E-state index is 9.52. The van der Waals surface area contributed by atoms with E-state index in [0.29, 0.717) is 18.0 Å². The molecule has 1 aliphatic carbocycles.